The molecule has 0 saturated carbocycles. The average molecular weight is 181 g/mol. The summed E-state index contributed by atoms with van der Waals surface area (Å²) in [5.41, 5.74) is 4.88. The van der Waals surface area contributed by atoms with Gasteiger partial charge in [-0.1, -0.05) is 0 Å². The van der Waals surface area contributed by atoms with E-state index in [-0.39, 0.29) is 17.7 Å². The molecule has 0 aliphatic heterocycles. The van der Waals surface area contributed by atoms with Crippen LogP contribution in [0.5, 0.6) is 0 Å². The van der Waals surface area contributed by atoms with Crippen molar-refractivity contribution >= 4 is 5.91 Å². The quantitative estimate of drug-likeness (QED) is 0.644. The molecular formula is C5H3N5O3. The van der Waals surface area contributed by atoms with Crippen LogP contribution in [0.15, 0.2) is 15.2 Å². The monoisotopic (exact) mass is 181 g/mol. The molecule has 0 bridgehead atoms. The molecule has 8 nitrogen and oxygen atoms in total. The van der Waals surface area contributed by atoms with Crippen LogP contribution in [0.3, 0.4) is 0 Å². The van der Waals surface area contributed by atoms with E-state index in [9.17, 15) is 4.79 Å². The minimum Gasteiger partial charge on any atom is -0.420 e. The van der Waals surface area contributed by atoms with E-state index >= 15 is 0 Å². The van der Waals surface area contributed by atoms with E-state index in [0.29, 0.717) is 0 Å². The van der Waals surface area contributed by atoms with Crippen LogP contribution >= 0.6 is 0 Å². The van der Waals surface area contributed by atoms with Crippen molar-refractivity contribution in [2.24, 2.45) is 5.73 Å². The molecule has 0 saturated heterocycles. The Morgan fingerprint density at radius 1 is 1.31 bits per heavy atom. The first kappa shape index (κ1) is 7.40. The number of carbonyl (C=O) groups is 1. The molecule has 8 heteroatoms. The standard InChI is InChI=1S/C5H3N5O3/c6-2(11)3-9-10-5(13-3)4-8-7-1-12-4/h1H,(H2,6,11). The van der Waals surface area contributed by atoms with Crippen molar-refractivity contribution in [3.8, 4) is 11.8 Å². The van der Waals surface area contributed by atoms with E-state index in [0.717, 1.165) is 6.39 Å². The minimum absolute atomic E-state index is 0.0358. The van der Waals surface area contributed by atoms with E-state index in [1.54, 1.807) is 0 Å². The third kappa shape index (κ3) is 1.24. The maximum atomic E-state index is 10.5. The van der Waals surface area contributed by atoms with Crippen molar-refractivity contribution < 1.29 is 13.6 Å². The minimum atomic E-state index is -0.807. The van der Waals surface area contributed by atoms with Crippen molar-refractivity contribution in [2.45, 2.75) is 0 Å². The van der Waals surface area contributed by atoms with Crippen molar-refractivity contribution in [3.05, 3.63) is 12.3 Å². The van der Waals surface area contributed by atoms with Crippen LogP contribution in [0.4, 0.5) is 0 Å². The lowest BCUT2D eigenvalue weighted by atomic mass is 10.6. The average Bonchev–Trinajstić information content (AvgIpc) is 2.75. The molecule has 0 spiro atoms. The van der Waals surface area contributed by atoms with E-state index in [2.05, 4.69) is 20.4 Å². The number of amides is 1. The fraction of sp³-hybridized carbons (Fsp3) is 0. The van der Waals surface area contributed by atoms with Gasteiger partial charge in [-0.15, -0.1) is 20.4 Å². The van der Waals surface area contributed by atoms with E-state index in [4.69, 9.17) is 14.6 Å². The molecule has 2 aromatic heterocycles. The Morgan fingerprint density at radius 2 is 2.15 bits per heavy atom. The third-order valence-electron chi connectivity index (χ3n) is 1.18. The summed E-state index contributed by atoms with van der Waals surface area (Å²) in [4.78, 5) is 10.5. The van der Waals surface area contributed by atoms with Crippen LogP contribution in [0.2, 0.25) is 0 Å². The zero-order valence-corrected chi connectivity index (χ0v) is 6.17. The van der Waals surface area contributed by atoms with Crippen LogP contribution in [0.1, 0.15) is 10.7 Å². The molecule has 2 rings (SSSR count). The number of hydrogen-bond donors (Lipinski definition) is 1. The lowest BCUT2D eigenvalue weighted by molar-refractivity contribution is 0.0967. The van der Waals surface area contributed by atoms with Gasteiger partial charge in [0.25, 0.3) is 0 Å². The molecule has 13 heavy (non-hydrogen) atoms. The smallest absolute Gasteiger partial charge is 0.306 e. The Balaban J connectivity index is 2.39. The molecule has 66 valence electrons. The Hall–Kier alpha value is -2.25. The predicted molar refractivity (Wildman–Crippen MR) is 36.1 cm³/mol. The molecule has 0 aromatic carbocycles. The number of primary amides is 1. The van der Waals surface area contributed by atoms with Gasteiger partial charge in [0.05, 0.1) is 0 Å². The molecule has 1 amide bonds. The summed E-state index contributed by atoms with van der Waals surface area (Å²) < 4.78 is 9.54. The summed E-state index contributed by atoms with van der Waals surface area (Å²) in [5, 5.41) is 13.7. The molecule has 2 N–H and O–H groups in total. The first-order chi connectivity index (χ1) is 6.27. The highest BCUT2D eigenvalue weighted by Gasteiger charge is 2.15. The highest BCUT2D eigenvalue weighted by Crippen LogP contribution is 2.12. The fourth-order valence-corrected chi connectivity index (χ4v) is 0.675. The molecule has 0 aliphatic rings. The zero-order chi connectivity index (χ0) is 9.26. The summed E-state index contributed by atoms with van der Waals surface area (Å²) in [5.74, 6) is -1.10. The van der Waals surface area contributed by atoms with Gasteiger partial charge in [-0.05, 0) is 0 Å². The summed E-state index contributed by atoms with van der Waals surface area (Å²) in [6, 6.07) is 0. The first-order valence-corrected chi connectivity index (χ1v) is 3.17. The highest BCUT2D eigenvalue weighted by molar-refractivity contribution is 5.87. The van der Waals surface area contributed by atoms with Crippen LogP contribution in [-0.2, 0) is 0 Å². The van der Waals surface area contributed by atoms with E-state index in [1.165, 1.54) is 0 Å². The summed E-state index contributed by atoms with van der Waals surface area (Å²) in [6.45, 7) is 0. The third-order valence-corrected chi connectivity index (χ3v) is 1.18. The molecule has 2 aromatic rings. The van der Waals surface area contributed by atoms with Gasteiger partial charge >= 0.3 is 23.6 Å². The normalized spacial score (nSPS) is 10.2. The molecule has 0 aliphatic carbocycles. The van der Waals surface area contributed by atoms with E-state index < -0.39 is 5.91 Å². The number of hydrogen-bond acceptors (Lipinski definition) is 7. The lowest BCUT2D eigenvalue weighted by Gasteiger charge is -1.81. The van der Waals surface area contributed by atoms with Crippen molar-refractivity contribution in [1.82, 2.24) is 20.4 Å². The molecule has 0 atom stereocenters. The summed E-state index contributed by atoms with van der Waals surface area (Å²) in [6.07, 6.45) is 1.10. The second-order valence-corrected chi connectivity index (χ2v) is 2.02. The second-order valence-electron chi connectivity index (χ2n) is 2.02. The number of nitrogens with two attached hydrogens (primary N) is 1. The molecular weight excluding hydrogens is 178 g/mol. The summed E-state index contributed by atoms with van der Waals surface area (Å²) >= 11 is 0. The van der Waals surface area contributed by atoms with Crippen molar-refractivity contribution in [1.29, 1.82) is 0 Å². The predicted octanol–water partition coefficient (Wildman–Crippen LogP) is -0.782. The van der Waals surface area contributed by atoms with Gasteiger partial charge in [0.15, 0.2) is 0 Å². The topological polar surface area (TPSA) is 121 Å². The Labute approximate surface area is 70.8 Å². The Morgan fingerprint density at radius 3 is 2.69 bits per heavy atom. The molecule has 0 unspecified atom stereocenters. The lowest BCUT2D eigenvalue weighted by Crippen LogP contribution is -2.10. The number of rotatable bonds is 2. The highest BCUT2D eigenvalue weighted by atomic mass is 16.4. The largest absolute Gasteiger partial charge is 0.420 e. The number of carbonyl (C=O) groups excluding carboxylic acids is 1. The Kier molecular flexibility index (Phi) is 1.51. The van der Waals surface area contributed by atoms with Crippen molar-refractivity contribution in [2.75, 3.05) is 0 Å². The molecule has 0 radical (unpaired) electrons. The van der Waals surface area contributed by atoms with Gasteiger partial charge in [-0.3, -0.25) is 4.79 Å². The van der Waals surface area contributed by atoms with Gasteiger partial charge in [-0.25, -0.2) is 0 Å². The van der Waals surface area contributed by atoms with Gasteiger partial charge in [-0.2, -0.15) is 0 Å². The van der Waals surface area contributed by atoms with Crippen LogP contribution < -0.4 is 5.73 Å². The van der Waals surface area contributed by atoms with Gasteiger partial charge in [0, 0.05) is 0 Å². The maximum Gasteiger partial charge on any atom is 0.306 e. The SMILES string of the molecule is NC(=O)c1nnc(-c2nnco2)o1. The van der Waals surface area contributed by atoms with Crippen molar-refractivity contribution in [3.63, 3.8) is 0 Å². The number of aromatic nitrogens is 4. The van der Waals surface area contributed by atoms with Crippen LogP contribution in [-0.4, -0.2) is 26.3 Å². The fourth-order valence-electron chi connectivity index (χ4n) is 0.675. The van der Waals surface area contributed by atoms with Crippen LogP contribution in [0.25, 0.3) is 11.8 Å². The maximum absolute atomic E-state index is 10.5. The second kappa shape index (κ2) is 2.66. The molecule has 2 heterocycles. The van der Waals surface area contributed by atoms with Crippen LogP contribution in [0, 0.1) is 0 Å². The summed E-state index contributed by atoms with van der Waals surface area (Å²) in [7, 11) is 0. The van der Waals surface area contributed by atoms with Gasteiger partial charge < -0.3 is 14.6 Å². The van der Waals surface area contributed by atoms with Gasteiger partial charge in [0.1, 0.15) is 0 Å². The zero-order valence-electron chi connectivity index (χ0n) is 6.17. The number of nitrogens with zero attached hydrogens (tertiary/aromatic N) is 4. The van der Waals surface area contributed by atoms with Gasteiger partial charge in [0.2, 0.25) is 6.39 Å². The van der Waals surface area contributed by atoms with E-state index in [1.807, 2.05) is 0 Å². The Bertz CT molecular complexity index is 419. The first-order valence-electron chi connectivity index (χ1n) is 3.17. The molecule has 0 fully saturated rings.